The molecule has 3 aromatic rings. The highest BCUT2D eigenvalue weighted by Crippen LogP contribution is 2.33. The normalized spacial score (nSPS) is 15.3. The maximum atomic E-state index is 12.7. The molecule has 2 aliphatic rings. The van der Waals surface area contributed by atoms with Crippen LogP contribution in [0.15, 0.2) is 58.7 Å². The molecule has 0 saturated carbocycles. The minimum Gasteiger partial charge on any atom is -0.486 e. The van der Waals surface area contributed by atoms with E-state index in [9.17, 15) is 8.42 Å². The summed E-state index contributed by atoms with van der Waals surface area (Å²) in [6.45, 7) is 1.84. The van der Waals surface area contributed by atoms with Gasteiger partial charge in [0, 0.05) is 35.8 Å². The molecule has 0 fully saturated rings. The van der Waals surface area contributed by atoms with E-state index in [1.54, 1.807) is 30.0 Å². The van der Waals surface area contributed by atoms with Crippen molar-refractivity contribution >= 4 is 27.5 Å². The molecule has 144 valence electrons. The monoisotopic (exact) mass is 415 g/mol. The number of nitrogens with one attached hydrogen (secondary N) is 1. The van der Waals surface area contributed by atoms with Crippen LogP contribution in [-0.2, 0) is 16.6 Å². The molecule has 0 amide bonds. The van der Waals surface area contributed by atoms with Crippen LogP contribution < -0.4 is 14.2 Å². The molecule has 9 heteroatoms. The van der Waals surface area contributed by atoms with Crippen LogP contribution in [0.25, 0.3) is 11.3 Å². The standard InChI is InChI=1S/C19H17N3O4S2/c23-28(24,15-5-6-17-18(11-15)26-9-8-25-17)21-14-3-1-13(2-4-14)16-12-22-7-10-27-19(22)20-16/h1-6,11-12,21H,7-10H2. The summed E-state index contributed by atoms with van der Waals surface area (Å²) in [6.07, 6.45) is 2.03. The van der Waals surface area contributed by atoms with Gasteiger partial charge in [-0.15, -0.1) is 0 Å². The molecule has 5 rings (SSSR count). The number of rotatable bonds is 4. The molecule has 7 nitrogen and oxygen atoms in total. The second kappa shape index (κ2) is 6.75. The Kier molecular flexibility index (Phi) is 4.21. The van der Waals surface area contributed by atoms with E-state index in [-0.39, 0.29) is 4.90 Å². The van der Waals surface area contributed by atoms with E-state index in [1.165, 1.54) is 12.1 Å². The van der Waals surface area contributed by atoms with Gasteiger partial charge < -0.3 is 14.0 Å². The third-order valence-electron chi connectivity index (χ3n) is 4.56. The second-order valence-electron chi connectivity index (χ2n) is 6.44. The summed E-state index contributed by atoms with van der Waals surface area (Å²) in [4.78, 5) is 4.74. The van der Waals surface area contributed by atoms with Crippen molar-refractivity contribution in [3.63, 3.8) is 0 Å². The highest BCUT2D eigenvalue weighted by Gasteiger charge is 2.20. The van der Waals surface area contributed by atoms with Gasteiger partial charge in [0.05, 0.1) is 10.6 Å². The van der Waals surface area contributed by atoms with Crippen LogP contribution in [0.3, 0.4) is 0 Å². The maximum Gasteiger partial charge on any atom is 0.262 e. The van der Waals surface area contributed by atoms with Crippen LogP contribution in [0.4, 0.5) is 5.69 Å². The third-order valence-corrected chi connectivity index (χ3v) is 6.91. The predicted molar refractivity (Wildman–Crippen MR) is 107 cm³/mol. The minimum absolute atomic E-state index is 0.128. The summed E-state index contributed by atoms with van der Waals surface area (Å²) in [7, 11) is -3.73. The molecule has 0 spiro atoms. The van der Waals surface area contributed by atoms with Crippen molar-refractivity contribution in [1.82, 2.24) is 9.55 Å². The first-order chi connectivity index (χ1) is 13.6. The topological polar surface area (TPSA) is 82.5 Å². The van der Waals surface area contributed by atoms with E-state index < -0.39 is 10.0 Å². The fourth-order valence-electron chi connectivity index (χ4n) is 3.16. The molecule has 0 radical (unpaired) electrons. The van der Waals surface area contributed by atoms with Crippen LogP contribution in [0, 0.1) is 0 Å². The van der Waals surface area contributed by atoms with Crippen LogP contribution in [-0.4, -0.2) is 36.9 Å². The lowest BCUT2D eigenvalue weighted by molar-refractivity contribution is 0.171. The highest BCUT2D eigenvalue weighted by molar-refractivity contribution is 7.99. The second-order valence-corrected chi connectivity index (χ2v) is 9.18. The quantitative estimate of drug-likeness (QED) is 0.705. The van der Waals surface area contributed by atoms with Crippen LogP contribution >= 0.6 is 11.8 Å². The first-order valence-electron chi connectivity index (χ1n) is 8.81. The van der Waals surface area contributed by atoms with Crippen molar-refractivity contribution in [3.8, 4) is 22.8 Å². The number of sulfonamides is 1. The number of anilines is 1. The summed E-state index contributed by atoms with van der Waals surface area (Å²) in [6, 6.07) is 11.8. The molecule has 2 aromatic carbocycles. The van der Waals surface area contributed by atoms with Crippen molar-refractivity contribution in [2.24, 2.45) is 0 Å². The number of fused-ring (bicyclic) bond motifs is 2. The number of thioether (sulfide) groups is 1. The molecule has 28 heavy (non-hydrogen) atoms. The minimum atomic E-state index is -3.73. The number of hydrogen-bond acceptors (Lipinski definition) is 6. The Morgan fingerprint density at radius 2 is 1.82 bits per heavy atom. The van der Waals surface area contributed by atoms with Crippen molar-refractivity contribution in [3.05, 3.63) is 48.7 Å². The summed E-state index contributed by atoms with van der Waals surface area (Å²) in [5.41, 5.74) is 2.33. The number of imidazole rings is 1. The van der Waals surface area contributed by atoms with E-state index in [0.29, 0.717) is 30.4 Å². The summed E-state index contributed by atoms with van der Waals surface area (Å²) >= 11 is 1.74. The molecule has 1 aromatic heterocycles. The molecule has 3 heterocycles. The smallest absolute Gasteiger partial charge is 0.262 e. The first-order valence-corrected chi connectivity index (χ1v) is 11.3. The molecule has 0 saturated heterocycles. The van der Waals surface area contributed by atoms with Gasteiger partial charge in [-0.1, -0.05) is 23.9 Å². The molecule has 2 aliphatic heterocycles. The van der Waals surface area contributed by atoms with E-state index in [1.807, 2.05) is 18.3 Å². The van der Waals surface area contributed by atoms with Crippen LogP contribution in [0.1, 0.15) is 0 Å². The zero-order valence-electron chi connectivity index (χ0n) is 14.8. The molecular weight excluding hydrogens is 398 g/mol. The Morgan fingerprint density at radius 1 is 1.04 bits per heavy atom. The molecule has 0 aliphatic carbocycles. The van der Waals surface area contributed by atoms with Gasteiger partial charge in [-0.05, 0) is 24.3 Å². The van der Waals surface area contributed by atoms with Crippen LogP contribution in [0.2, 0.25) is 0 Å². The van der Waals surface area contributed by atoms with Crippen molar-refractivity contribution in [2.45, 2.75) is 16.6 Å². The summed E-state index contributed by atoms with van der Waals surface area (Å²) in [5, 5.41) is 1.03. The maximum absolute atomic E-state index is 12.7. The van der Waals surface area contributed by atoms with Gasteiger partial charge in [0.15, 0.2) is 16.7 Å². The molecular formula is C19H17N3O4S2. The first kappa shape index (κ1) is 17.4. The highest BCUT2D eigenvalue weighted by atomic mass is 32.2. The van der Waals surface area contributed by atoms with Crippen LogP contribution in [0.5, 0.6) is 11.5 Å². The van der Waals surface area contributed by atoms with E-state index in [2.05, 4.69) is 14.3 Å². The summed E-state index contributed by atoms with van der Waals surface area (Å²) < 4.78 is 41.1. The Morgan fingerprint density at radius 3 is 2.61 bits per heavy atom. The van der Waals surface area contributed by atoms with E-state index in [0.717, 1.165) is 28.7 Å². The fraction of sp³-hybridized carbons (Fsp3) is 0.211. The van der Waals surface area contributed by atoms with Crippen molar-refractivity contribution in [2.75, 3.05) is 23.7 Å². The fourth-order valence-corrected chi connectivity index (χ4v) is 5.18. The number of aromatic nitrogens is 2. The molecule has 1 N–H and O–H groups in total. The van der Waals surface area contributed by atoms with Gasteiger partial charge in [0.2, 0.25) is 0 Å². The van der Waals surface area contributed by atoms with Gasteiger partial charge in [0.25, 0.3) is 10.0 Å². The Balaban J connectivity index is 1.36. The lowest BCUT2D eigenvalue weighted by atomic mass is 10.1. The number of aryl methyl sites for hydroxylation is 1. The largest absolute Gasteiger partial charge is 0.486 e. The Labute approximate surface area is 166 Å². The van der Waals surface area contributed by atoms with Gasteiger partial charge >= 0.3 is 0 Å². The number of nitrogens with zero attached hydrogens (tertiary/aromatic N) is 2. The Bertz CT molecular complexity index is 1120. The van der Waals surface area contributed by atoms with Crippen molar-refractivity contribution < 1.29 is 17.9 Å². The van der Waals surface area contributed by atoms with Gasteiger partial charge in [-0.25, -0.2) is 13.4 Å². The van der Waals surface area contributed by atoms with Gasteiger partial charge in [-0.2, -0.15) is 0 Å². The zero-order chi connectivity index (χ0) is 19.1. The lowest BCUT2D eigenvalue weighted by Gasteiger charge is -2.19. The third kappa shape index (κ3) is 3.20. The van der Waals surface area contributed by atoms with Gasteiger partial charge in [-0.3, -0.25) is 4.72 Å². The molecule has 0 bridgehead atoms. The number of hydrogen-bond donors (Lipinski definition) is 1. The van der Waals surface area contributed by atoms with E-state index in [4.69, 9.17) is 9.47 Å². The predicted octanol–water partition coefficient (Wildman–Crippen LogP) is 3.23. The number of benzene rings is 2. The molecule has 0 unspecified atom stereocenters. The average molecular weight is 415 g/mol. The summed E-state index contributed by atoms with van der Waals surface area (Å²) in [5.74, 6) is 2.05. The zero-order valence-corrected chi connectivity index (χ0v) is 16.4. The number of ether oxygens (including phenoxy) is 2. The van der Waals surface area contributed by atoms with Gasteiger partial charge in [0.1, 0.15) is 13.2 Å². The molecule has 0 atom stereocenters. The SMILES string of the molecule is O=S(=O)(Nc1ccc(-c2cn3c(n2)SCC3)cc1)c1ccc2c(c1)OCCO2. The Hall–Kier alpha value is -2.65. The lowest BCUT2D eigenvalue weighted by Crippen LogP contribution is -2.17. The van der Waals surface area contributed by atoms with Crippen molar-refractivity contribution in [1.29, 1.82) is 0 Å². The average Bonchev–Trinajstić information content (AvgIpc) is 3.30. The van der Waals surface area contributed by atoms with E-state index >= 15 is 0 Å².